The van der Waals surface area contributed by atoms with Crippen molar-refractivity contribution < 1.29 is 4.42 Å². The standard InChI is InChI=1S/C11H12OS2/c1-7(2)11-6-8-5-9(14-13)3-4-10(8)12-11/h3-7,13H,1-2H3. The third-order valence-corrected chi connectivity index (χ3v) is 3.28. The minimum Gasteiger partial charge on any atom is -0.461 e. The number of hydrogen-bond acceptors (Lipinski definition) is 3. The molecule has 0 amide bonds. The molecule has 0 aliphatic heterocycles. The van der Waals surface area contributed by atoms with Gasteiger partial charge in [-0.25, -0.2) is 0 Å². The Bertz CT molecular complexity index is 445. The Balaban J connectivity index is 2.54. The van der Waals surface area contributed by atoms with Gasteiger partial charge in [0, 0.05) is 16.2 Å². The molecule has 2 aromatic rings. The topological polar surface area (TPSA) is 13.1 Å². The predicted molar refractivity (Wildman–Crippen MR) is 65.1 cm³/mol. The van der Waals surface area contributed by atoms with Gasteiger partial charge in [0.25, 0.3) is 0 Å². The van der Waals surface area contributed by atoms with Gasteiger partial charge >= 0.3 is 0 Å². The van der Waals surface area contributed by atoms with Crippen LogP contribution in [0.1, 0.15) is 25.5 Å². The molecule has 0 radical (unpaired) electrons. The lowest BCUT2D eigenvalue weighted by Crippen LogP contribution is -1.79. The van der Waals surface area contributed by atoms with Gasteiger partial charge in [-0.3, -0.25) is 0 Å². The summed E-state index contributed by atoms with van der Waals surface area (Å²) in [7, 11) is 1.45. The molecule has 1 heterocycles. The fraction of sp³-hybridized carbons (Fsp3) is 0.273. The van der Waals surface area contributed by atoms with E-state index in [1.807, 2.05) is 12.1 Å². The molecule has 3 heteroatoms. The largest absolute Gasteiger partial charge is 0.461 e. The van der Waals surface area contributed by atoms with Gasteiger partial charge in [0.1, 0.15) is 11.3 Å². The highest BCUT2D eigenvalue weighted by Crippen LogP contribution is 2.29. The van der Waals surface area contributed by atoms with Crippen LogP contribution in [-0.4, -0.2) is 0 Å². The normalized spacial score (nSPS) is 11.4. The molecule has 0 N–H and O–H groups in total. The molecule has 2 rings (SSSR count). The van der Waals surface area contributed by atoms with Crippen LogP contribution < -0.4 is 0 Å². The van der Waals surface area contributed by atoms with E-state index in [9.17, 15) is 0 Å². The number of fused-ring (bicyclic) bond motifs is 1. The van der Waals surface area contributed by atoms with Crippen LogP contribution in [0.3, 0.4) is 0 Å². The molecule has 0 aliphatic rings. The molecule has 0 saturated carbocycles. The van der Waals surface area contributed by atoms with E-state index in [0.29, 0.717) is 5.92 Å². The third-order valence-electron chi connectivity index (χ3n) is 2.18. The molecule has 74 valence electrons. The Morgan fingerprint density at radius 1 is 1.29 bits per heavy atom. The highest BCUT2D eigenvalue weighted by molar-refractivity contribution is 8.68. The van der Waals surface area contributed by atoms with E-state index in [1.165, 1.54) is 10.8 Å². The van der Waals surface area contributed by atoms with Crippen LogP contribution in [0.2, 0.25) is 0 Å². The van der Waals surface area contributed by atoms with E-state index < -0.39 is 0 Å². The highest BCUT2D eigenvalue weighted by Gasteiger charge is 2.07. The Kier molecular flexibility index (Phi) is 2.79. The molecule has 0 spiro atoms. The van der Waals surface area contributed by atoms with E-state index in [-0.39, 0.29) is 0 Å². The van der Waals surface area contributed by atoms with Crippen LogP contribution in [0.5, 0.6) is 0 Å². The summed E-state index contributed by atoms with van der Waals surface area (Å²) in [5, 5.41) is 1.16. The molecule has 0 saturated heterocycles. The van der Waals surface area contributed by atoms with Crippen molar-refractivity contribution in [2.45, 2.75) is 24.7 Å². The molecule has 0 unspecified atom stereocenters. The SMILES string of the molecule is CC(C)c1cc2cc(SS)ccc2o1. The van der Waals surface area contributed by atoms with Gasteiger partial charge < -0.3 is 4.42 Å². The summed E-state index contributed by atoms with van der Waals surface area (Å²) in [5.41, 5.74) is 0.958. The van der Waals surface area contributed by atoms with Crippen molar-refractivity contribution in [1.82, 2.24) is 0 Å². The maximum atomic E-state index is 5.69. The Hall–Kier alpha value is -0.540. The van der Waals surface area contributed by atoms with Crippen molar-refractivity contribution in [2.24, 2.45) is 0 Å². The second-order valence-corrected chi connectivity index (χ2v) is 4.80. The Labute approximate surface area is 92.7 Å². The molecular formula is C11H12OS2. The minimum absolute atomic E-state index is 0.439. The van der Waals surface area contributed by atoms with Crippen molar-refractivity contribution in [3.63, 3.8) is 0 Å². The summed E-state index contributed by atoms with van der Waals surface area (Å²) in [6.45, 7) is 4.26. The highest BCUT2D eigenvalue weighted by atomic mass is 33.1. The number of hydrogen-bond donors (Lipinski definition) is 1. The van der Waals surface area contributed by atoms with E-state index in [4.69, 9.17) is 4.42 Å². The van der Waals surface area contributed by atoms with Crippen LogP contribution in [0, 0.1) is 0 Å². The summed E-state index contributed by atoms with van der Waals surface area (Å²) in [4.78, 5) is 1.15. The zero-order valence-electron chi connectivity index (χ0n) is 8.15. The lowest BCUT2D eigenvalue weighted by atomic mass is 10.1. The fourth-order valence-electron chi connectivity index (χ4n) is 1.38. The van der Waals surface area contributed by atoms with Gasteiger partial charge in [0.15, 0.2) is 0 Å². The first kappa shape index (κ1) is 9.99. The van der Waals surface area contributed by atoms with E-state index in [2.05, 4.69) is 37.6 Å². The van der Waals surface area contributed by atoms with Gasteiger partial charge in [-0.2, -0.15) is 0 Å². The third kappa shape index (κ3) is 1.79. The second kappa shape index (κ2) is 3.91. The van der Waals surface area contributed by atoms with Crippen molar-refractivity contribution >= 4 is 33.4 Å². The number of thiol groups is 1. The molecular weight excluding hydrogens is 212 g/mol. The fourth-order valence-corrected chi connectivity index (χ4v) is 2.03. The predicted octanol–water partition coefficient (Wildman–Crippen LogP) is 4.49. The zero-order valence-corrected chi connectivity index (χ0v) is 9.86. The van der Waals surface area contributed by atoms with Gasteiger partial charge in [-0.15, -0.1) is 11.7 Å². The number of rotatable bonds is 2. The maximum Gasteiger partial charge on any atom is 0.134 e. The van der Waals surface area contributed by atoms with Crippen LogP contribution in [0.4, 0.5) is 0 Å². The van der Waals surface area contributed by atoms with Crippen molar-refractivity contribution in [3.8, 4) is 0 Å². The first-order valence-corrected chi connectivity index (χ1v) is 6.42. The van der Waals surface area contributed by atoms with Crippen molar-refractivity contribution in [3.05, 3.63) is 30.0 Å². The molecule has 1 aromatic heterocycles. The molecule has 1 aromatic carbocycles. The van der Waals surface area contributed by atoms with Crippen LogP contribution in [0.25, 0.3) is 11.0 Å². The summed E-state index contributed by atoms with van der Waals surface area (Å²) in [5.74, 6) is 1.48. The number of benzene rings is 1. The Morgan fingerprint density at radius 2 is 2.07 bits per heavy atom. The van der Waals surface area contributed by atoms with Crippen molar-refractivity contribution in [2.75, 3.05) is 0 Å². The van der Waals surface area contributed by atoms with E-state index in [1.54, 1.807) is 0 Å². The van der Waals surface area contributed by atoms with E-state index in [0.717, 1.165) is 21.6 Å². The average molecular weight is 224 g/mol. The molecule has 1 nitrogen and oxygen atoms in total. The van der Waals surface area contributed by atoms with Crippen LogP contribution in [-0.2, 0) is 0 Å². The smallest absolute Gasteiger partial charge is 0.134 e. The van der Waals surface area contributed by atoms with Gasteiger partial charge in [0.05, 0.1) is 0 Å². The Morgan fingerprint density at radius 3 is 2.71 bits per heavy atom. The summed E-state index contributed by atoms with van der Waals surface area (Å²) in [6.07, 6.45) is 0. The maximum absolute atomic E-state index is 5.69. The van der Waals surface area contributed by atoms with Gasteiger partial charge in [-0.1, -0.05) is 24.6 Å². The van der Waals surface area contributed by atoms with Crippen molar-refractivity contribution in [1.29, 1.82) is 0 Å². The average Bonchev–Trinajstić information content (AvgIpc) is 2.59. The second-order valence-electron chi connectivity index (χ2n) is 3.59. The molecule has 0 fully saturated rings. The lowest BCUT2D eigenvalue weighted by molar-refractivity contribution is 0.521. The van der Waals surface area contributed by atoms with E-state index >= 15 is 0 Å². The first-order valence-electron chi connectivity index (χ1n) is 4.55. The lowest BCUT2D eigenvalue weighted by Gasteiger charge is -1.95. The molecule has 0 bridgehead atoms. The van der Waals surface area contributed by atoms with Gasteiger partial charge in [0.2, 0.25) is 0 Å². The minimum atomic E-state index is 0.439. The zero-order chi connectivity index (χ0) is 10.1. The van der Waals surface area contributed by atoms with Crippen LogP contribution >= 0.6 is 22.5 Å². The van der Waals surface area contributed by atoms with Crippen LogP contribution in [0.15, 0.2) is 33.6 Å². The summed E-state index contributed by atoms with van der Waals surface area (Å²) >= 11 is 4.17. The molecule has 14 heavy (non-hydrogen) atoms. The number of furan rings is 1. The molecule has 0 aliphatic carbocycles. The van der Waals surface area contributed by atoms with Gasteiger partial charge in [-0.05, 0) is 24.3 Å². The first-order chi connectivity index (χ1) is 6.70. The summed E-state index contributed by atoms with van der Waals surface area (Å²) in [6, 6.07) is 8.23. The summed E-state index contributed by atoms with van der Waals surface area (Å²) < 4.78 is 5.69. The monoisotopic (exact) mass is 224 g/mol. The molecule has 0 atom stereocenters. The quantitative estimate of drug-likeness (QED) is 0.596.